The maximum Gasteiger partial charge on any atom is 0.316 e. The van der Waals surface area contributed by atoms with Crippen LogP contribution in [0.5, 0.6) is 0 Å². The van der Waals surface area contributed by atoms with Crippen LogP contribution in [0.4, 0.5) is 0 Å². The molecule has 0 amide bonds. The number of aromatic amines is 1. The summed E-state index contributed by atoms with van der Waals surface area (Å²) in [5.41, 5.74) is 0.419. The van der Waals surface area contributed by atoms with Gasteiger partial charge in [-0.25, -0.2) is 4.98 Å². The smallest absolute Gasteiger partial charge is 0.316 e. The fourth-order valence-corrected chi connectivity index (χ4v) is 1.78. The second-order valence-corrected chi connectivity index (χ2v) is 5.06. The van der Waals surface area contributed by atoms with Gasteiger partial charge in [-0.1, -0.05) is 25.6 Å². The van der Waals surface area contributed by atoms with Crippen LogP contribution in [0.1, 0.15) is 32.4 Å². The van der Waals surface area contributed by atoms with Crippen molar-refractivity contribution in [3.8, 4) is 0 Å². The molecule has 0 saturated carbocycles. The van der Waals surface area contributed by atoms with Gasteiger partial charge in [-0.2, -0.15) is 0 Å². The van der Waals surface area contributed by atoms with Gasteiger partial charge in [0.15, 0.2) is 5.16 Å². The lowest BCUT2D eigenvalue weighted by atomic mass is 10.1. The molecule has 0 fully saturated rings. The molecular formula is C10H14N2O3S. The molecule has 1 heterocycles. The maximum atomic E-state index is 11.3. The number of nitrogens with zero attached hydrogens (tertiary/aromatic N) is 1. The SMILES string of the molecule is CC(C)c1cc(=O)[nH]c(S[C@@H](C)C(=O)O)n1. The van der Waals surface area contributed by atoms with Crippen molar-refractivity contribution in [1.82, 2.24) is 9.97 Å². The zero-order valence-electron chi connectivity index (χ0n) is 9.35. The Kier molecular flexibility index (Phi) is 4.12. The molecule has 1 rings (SSSR count). The maximum absolute atomic E-state index is 11.3. The summed E-state index contributed by atoms with van der Waals surface area (Å²) < 4.78 is 0. The van der Waals surface area contributed by atoms with Gasteiger partial charge in [0.2, 0.25) is 0 Å². The van der Waals surface area contributed by atoms with Gasteiger partial charge >= 0.3 is 5.97 Å². The van der Waals surface area contributed by atoms with Gasteiger partial charge in [0.1, 0.15) is 5.25 Å². The lowest BCUT2D eigenvalue weighted by molar-refractivity contribution is -0.136. The van der Waals surface area contributed by atoms with Gasteiger partial charge in [0.25, 0.3) is 5.56 Å². The molecule has 0 radical (unpaired) electrons. The highest BCUT2D eigenvalue weighted by molar-refractivity contribution is 8.00. The molecule has 88 valence electrons. The number of thioether (sulfide) groups is 1. The number of hydrogen-bond acceptors (Lipinski definition) is 4. The average molecular weight is 242 g/mol. The van der Waals surface area contributed by atoms with Crippen LogP contribution >= 0.6 is 11.8 Å². The average Bonchev–Trinajstić information content (AvgIpc) is 2.16. The Labute approximate surface area is 97.3 Å². The Morgan fingerprint density at radius 2 is 2.12 bits per heavy atom. The third kappa shape index (κ3) is 3.37. The molecule has 1 atom stereocenters. The van der Waals surface area contributed by atoms with E-state index in [-0.39, 0.29) is 11.5 Å². The van der Waals surface area contributed by atoms with Crippen LogP contribution in [0.3, 0.4) is 0 Å². The largest absolute Gasteiger partial charge is 0.480 e. The van der Waals surface area contributed by atoms with Crippen LogP contribution in [0.2, 0.25) is 0 Å². The van der Waals surface area contributed by atoms with Gasteiger partial charge in [-0.3, -0.25) is 9.59 Å². The molecular weight excluding hydrogens is 228 g/mol. The summed E-state index contributed by atoms with van der Waals surface area (Å²) in [6, 6.07) is 1.43. The summed E-state index contributed by atoms with van der Waals surface area (Å²) in [6.45, 7) is 5.41. The first-order chi connectivity index (χ1) is 7.40. The first-order valence-electron chi connectivity index (χ1n) is 4.91. The molecule has 0 aromatic carbocycles. The fourth-order valence-electron chi connectivity index (χ4n) is 1.02. The molecule has 0 saturated heterocycles. The summed E-state index contributed by atoms with van der Waals surface area (Å²) in [7, 11) is 0. The van der Waals surface area contributed by atoms with Gasteiger partial charge < -0.3 is 10.1 Å². The zero-order valence-corrected chi connectivity index (χ0v) is 10.2. The highest BCUT2D eigenvalue weighted by Gasteiger charge is 2.15. The minimum Gasteiger partial charge on any atom is -0.480 e. The van der Waals surface area contributed by atoms with Crippen molar-refractivity contribution in [1.29, 1.82) is 0 Å². The third-order valence-corrected chi connectivity index (χ3v) is 2.94. The van der Waals surface area contributed by atoms with Crippen LogP contribution in [0.25, 0.3) is 0 Å². The van der Waals surface area contributed by atoms with E-state index in [1.807, 2.05) is 13.8 Å². The Morgan fingerprint density at radius 1 is 1.50 bits per heavy atom. The van der Waals surface area contributed by atoms with E-state index < -0.39 is 11.2 Å². The van der Waals surface area contributed by atoms with E-state index in [1.165, 1.54) is 6.07 Å². The molecule has 0 bridgehead atoms. The lowest BCUT2D eigenvalue weighted by Crippen LogP contribution is -2.15. The molecule has 1 aromatic heterocycles. The number of hydrogen-bond donors (Lipinski definition) is 2. The highest BCUT2D eigenvalue weighted by atomic mass is 32.2. The van der Waals surface area contributed by atoms with E-state index in [9.17, 15) is 9.59 Å². The van der Waals surface area contributed by atoms with Crippen molar-refractivity contribution < 1.29 is 9.90 Å². The number of carboxylic acid groups (broad SMARTS) is 1. The Hall–Kier alpha value is -1.30. The highest BCUT2D eigenvalue weighted by Crippen LogP contribution is 2.20. The summed E-state index contributed by atoms with van der Waals surface area (Å²) in [5, 5.41) is 8.47. The molecule has 0 unspecified atom stereocenters. The molecule has 2 N–H and O–H groups in total. The number of H-pyrrole nitrogens is 1. The lowest BCUT2D eigenvalue weighted by Gasteiger charge is -2.08. The van der Waals surface area contributed by atoms with Crippen LogP contribution < -0.4 is 5.56 Å². The molecule has 0 aliphatic heterocycles. The fraction of sp³-hybridized carbons (Fsp3) is 0.500. The molecule has 0 aliphatic rings. The van der Waals surface area contributed by atoms with Gasteiger partial charge in [0.05, 0.1) is 5.69 Å². The van der Waals surface area contributed by atoms with Crippen LogP contribution in [0.15, 0.2) is 16.0 Å². The molecule has 1 aromatic rings. The Balaban J connectivity index is 2.97. The second kappa shape index (κ2) is 5.16. The van der Waals surface area contributed by atoms with E-state index in [1.54, 1.807) is 6.92 Å². The first kappa shape index (κ1) is 12.8. The number of rotatable bonds is 4. The topological polar surface area (TPSA) is 83.0 Å². The summed E-state index contributed by atoms with van der Waals surface area (Å²) >= 11 is 1.03. The Bertz CT molecular complexity index is 442. The van der Waals surface area contributed by atoms with Gasteiger partial charge in [-0.05, 0) is 12.8 Å². The monoisotopic (exact) mass is 242 g/mol. The van der Waals surface area contributed by atoms with E-state index >= 15 is 0 Å². The predicted octanol–water partition coefficient (Wildman–Crippen LogP) is 1.46. The Morgan fingerprint density at radius 3 is 2.62 bits per heavy atom. The van der Waals surface area contributed by atoms with E-state index in [0.717, 1.165) is 11.8 Å². The molecule has 16 heavy (non-hydrogen) atoms. The van der Waals surface area contributed by atoms with Crippen molar-refractivity contribution in [2.45, 2.75) is 37.1 Å². The number of carboxylic acids is 1. The summed E-state index contributed by atoms with van der Waals surface area (Å²) in [5.74, 6) is -0.788. The van der Waals surface area contributed by atoms with Crippen molar-refractivity contribution >= 4 is 17.7 Å². The van der Waals surface area contributed by atoms with E-state index in [2.05, 4.69) is 9.97 Å². The standard InChI is InChI=1S/C10H14N2O3S/c1-5(2)7-4-8(13)12-10(11-7)16-6(3)9(14)15/h4-6H,1-3H3,(H,14,15)(H,11,12,13)/t6-/m0/s1. The van der Waals surface area contributed by atoms with E-state index in [4.69, 9.17) is 5.11 Å². The van der Waals surface area contributed by atoms with Gasteiger partial charge in [-0.15, -0.1) is 0 Å². The molecule has 0 spiro atoms. The predicted molar refractivity (Wildman–Crippen MR) is 61.9 cm³/mol. The third-order valence-electron chi connectivity index (χ3n) is 1.97. The zero-order chi connectivity index (χ0) is 12.3. The van der Waals surface area contributed by atoms with Crippen LogP contribution in [-0.4, -0.2) is 26.3 Å². The summed E-state index contributed by atoms with van der Waals surface area (Å²) in [6.07, 6.45) is 0. The minimum absolute atomic E-state index is 0.141. The van der Waals surface area contributed by atoms with E-state index in [0.29, 0.717) is 10.9 Å². The molecule has 0 aliphatic carbocycles. The quantitative estimate of drug-likeness (QED) is 0.617. The van der Waals surface area contributed by atoms with Crippen molar-refractivity contribution in [2.75, 3.05) is 0 Å². The summed E-state index contributed by atoms with van der Waals surface area (Å²) in [4.78, 5) is 28.7. The van der Waals surface area contributed by atoms with Crippen molar-refractivity contribution in [3.05, 3.63) is 22.1 Å². The van der Waals surface area contributed by atoms with Crippen LogP contribution in [0, 0.1) is 0 Å². The van der Waals surface area contributed by atoms with Crippen LogP contribution in [-0.2, 0) is 4.79 Å². The number of nitrogens with one attached hydrogen (secondary N) is 1. The van der Waals surface area contributed by atoms with Gasteiger partial charge in [0, 0.05) is 6.07 Å². The number of aromatic nitrogens is 2. The second-order valence-electron chi connectivity index (χ2n) is 3.73. The molecule has 5 nitrogen and oxygen atoms in total. The number of carbonyl (C=O) groups is 1. The number of aliphatic carboxylic acids is 1. The normalized spacial score (nSPS) is 12.8. The minimum atomic E-state index is -0.928. The van der Waals surface area contributed by atoms with Crippen molar-refractivity contribution in [3.63, 3.8) is 0 Å². The molecule has 6 heteroatoms. The first-order valence-corrected chi connectivity index (χ1v) is 5.79. The van der Waals surface area contributed by atoms with Crippen molar-refractivity contribution in [2.24, 2.45) is 0 Å².